The highest BCUT2D eigenvalue weighted by molar-refractivity contribution is 6.31. The third-order valence-corrected chi connectivity index (χ3v) is 4.51. The van der Waals surface area contributed by atoms with Crippen molar-refractivity contribution in [3.8, 4) is 11.4 Å². The molecule has 5 rings (SSSR count). The molecule has 2 aromatic heterocycles. The van der Waals surface area contributed by atoms with Crippen LogP contribution < -0.4 is 0 Å². The number of rotatable bonds is 1. The van der Waals surface area contributed by atoms with Crippen molar-refractivity contribution in [2.45, 2.75) is 0 Å². The molecule has 120 valence electrons. The lowest BCUT2D eigenvalue weighted by molar-refractivity contribution is 0.669. The lowest BCUT2D eigenvalue weighted by atomic mass is 10.0. The number of fused-ring (bicyclic) bond motifs is 4. The average Bonchev–Trinajstić information content (AvgIpc) is 2.95. The summed E-state index contributed by atoms with van der Waals surface area (Å²) in [6, 6.07) is 18.2. The second-order valence-corrected chi connectivity index (χ2v) is 6.38. The first-order valence-corrected chi connectivity index (χ1v) is 8.35. The molecule has 0 N–H and O–H groups in total. The molecule has 25 heavy (non-hydrogen) atoms. The number of furan rings is 1. The molecule has 6 heteroatoms. The molecule has 0 saturated carbocycles. The second kappa shape index (κ2) is 5.41. The summed E-state index contributed by atoms with van der Waals surface area (Å²) in [7, 11) is 0. The van der Waals surface area contributed by atoms with Crippen LogP contribution in [0.5, 0.6) is 0 Å². The van der Waals surface area contributed by atoms with Crippen LogP contribution in [0.2, 0.25) is 10.6 Å². The molecule has 2 heterocycles. The van der Waals surface area contributed by atoms with Crippen LogP contribution in [0.25, 0.3) is 44.1 Å². The Bertz CT molecular complexity index is 1260. The molecule has 0 aliphatic carbocycles. The predicted molar refractivity (Wildman–Crippen MR) is 100 cm³/mol. The zero-order valence-electron chi connectivity index (χ0n) is 12.7. The van der Waals surface area contributed by atoms with E-state index in [-0.39, 0.29) is 10.6 Å². The monoisotopic (exact) mass is 365 g/mol. The minimum atomic E-state index is 0.0677. The molecule has 0 atom stereocenters. The fraction of sp³-hybridized carbons (Fsp3) is 0. The zero-order chi connectivity index (χ0) is 17.0. The highest BCUT2D eigenvalue weighted by Gasteiger charge is 2.12. The van der Waals surface area contributed by atoms with Crippen LogP contribution >= 0.6 is 23.2 Å². The fourth-order valence-electron chi connectivity index (χ4n) is 3.06. The summed E-state index contributed by atoms with van der Waals surface area (Å²) in [5, 5.41) is 4.48. The Balaban J connectivity index is 1.80. The summed E-state index contributed by atoms with van der Waals surface area (Å²) >= 11 is 11.8. The number of benzene rings is 3. The topological polar surface area (TPSA) is 51.8 Å². The quantitative estimate of drug-likeness (QED) is 0.371. The van der Waals surface area contributed by atoms with E-state index in [4.69, 9.17) is 27.6 Å². The second-order valence-electron chi connectivity index (χ2n) is 5.71. The summed E-state index contributed by atoms with van der Waals surface area (Å²) in [6.07, 6.45) is 0. The third kappa shape index (κ3) is 2.42. The van der Waals surface area contributed by atoms with Gasteiger partial charge in [0, 0.05) is 16.3 Å². The lowest BCUT2D eigenvalue weighted by Crippen LogP contribution is -1.93. The van der Waals surface area contributed by atoms with Gasteiger partial charge in [0.05, 0.1) is 0 Å². The van der Waals surface area contributed by atoms with E-state index in [0.717, 1.165) is 38.3 Å². The van der Waals surface area contributed by atoms with E-state index in [2.05, 4.69) is 39.2 Å². The van der Waals surface area contributed by atoms with Gasteiger partial charge in [-0.3, -0.25) is 0 Å². The van der Waals surface area contributed by atoms with Crippen LogP contribution in [0.15, 0.2) is 59.0 Å². The molecule has 4 nitrogen and oxygen atoms in total. The van der Waals surface area contributed by atoms with Crippen LogP contribution in [0, 0.1) is 0 Å². The van der Waals surface area contributed by atoms with Crippen molar-refractivity contribution in [1.82, 2.24) is 15.0 Å². The molecule has 0 bridgehead atoms. The first-order valence-electron chi connectivity index (χ1n) is 7.60. The van der Waals surface area contributed by atoms with Crippen molar-refractivity contribution < 1.29 is 4.42 Å². The van der Waals surface area contributed by atoms with Gasteiger partial charge in [0.25, 0.3) is 0 Å². The Hall–Kier alpha value is -2.69. The van der Waals surface area contributed by atoms with Gasteiger partial charge in [-0.25, -0.2) is 0 Å². The highest BCUT2D eigenvalue weighted by Crippen LogP contribution is 2.34. The van der Waals surface area contributed by atoms with E-state index in [9.17, 15) is 0 Å². The van der Waals surface area contributed by atoms with Gasteiger partial charge in [0.2, 0.25) is 10.6 Å². The van der Waals surface area contributed by atoms with Crippen LogP contribution in [0.1, 0.15) is 0 Å². The van der Waals surface area contributed by atoms with Gasteiger partial charge in [-0.15, -0.1) is 0 Å². The summed E-state index contributed by atoms with van der Waals surface area (Å²) in [4.78, 5) is 12.1. The molecule has 0 radical (unpaired) electrons. The molecule has 5 aromatic rings. The lowest BCUT2D eigenvalue weighted by Gasteiger charge is -2.01. The number of hydrogen-bond donors (Lipinski definition) is 0. The number of hydrogen-bond acceptors (Lipinski definition) is 4. The maximum absolute atomic E-state index is 5.99. The molecule has 3 aromatic carbocycles. The zero-order valence-corrected chi connectivity index (χ0v) is 14.2. The molecule has 0 spiro atoms. The number of aromatic nitrogens is 3. The Kier molecular flexibility index (Phi) is 3.17. The van der Waals surface area contributed by atoms with Crippen LogP contribution in [0.4, 0.5) is 0 Å². The maximum Gasteiger partial charge on any atom is 0.227 e. The van der Waals surface area contributed by atoms with E-state index < -0.39 is 0 Å². The van der Waals surface area contributed by atoms with E-state index in [1.54, 1.807) is 0 Å². The fourth-order valence-corrected chi connectivity index (χ4v) is 3.42. The van der Waals surface area contributed by atoms with Crippen molar-refractivity contribution in [2.75, 3.05) is 0 Å². The Morgan fingerprint density at radius 3 is 2.12 bits per heavy atom. The normalized spacial score (nSPS) is 11.6. The molecule has 0 unspecified atom stereocenters. The average molecular weight is 366 g/mol. The standard InChI is InChI=1S/C19H9Cl2N3O/c20-18-22-17(23-19(21)24-18)12-5-6-15-13(8-12)14-7-10-3-1-2-4-11(10)9-16(14)25-15/h1-9H. The van der Waals surface area contributed by atoms with Gasteiger partial charge in [0.15, 0.2) is 5.82 Å². The van der Waals surface area contributed by atoms with E-state index in [1.807, 2.05) is 30.3 Å². The molecular weight excluding hydrogens is 357 g/mol. The molecule has 0 amide bonds. The van der Waals surface area contributed by atoms with Crippen molar-refractivity contribution in [3.63, 3.8) is 0 Å². The van der Waals surface area contributed by atoms with Crippen LogP contribution in [0.3, 0.4) is 0 Å². The Morgan fingerprint density at radius 2 is 1.36 bits per heavy atom. The van der Waals surface area contributed by atoms with Crippen molar-refractivity contribution in [3.05, 3.63) is 65.2 Å². The van der Waals surface area contributed by atoms with Gasteiger partial charge in [-0.2, -0.15) is 15.0 Å². The SMILES string of the molecule is Clc1nc(Cl)nc(-c2ccc3oc4cc5ccccc5cc4c3c2)n1. The molecule has 0 saturated heterocycles. The highest BCUT2D eigenvalue weighted by atomic mass is 35.5. The summed E-state index contributed by atoms with van der Waals surface area (Å²) in [5.74, 6) is 0.432. The summed E-state index contributed by atoms with van der Waals surface area (Å²) < 4.78 is 5.99. The largest absolute Gasteiger partial charge is 0.456 e. The first kappa shape index (κ1) is 14.6. The third-order valence-electron chi connectivity index (χ3n) is 4.18. The van der Waals surface area contributed by atoms with Crippen LogP contribution in [-0.4, -0.2) is 15.0 Å². The molecule has 0 fully saturated rings. The minimum absolute atomic E-state index is 0.0677. The first-order chi connectivity index (χ1) is 12.2. The smallest absolute Gasteiger partial charge is 0.227 e. The van der Waals surface area contributed by atoms with Gasteiger partial charge in [-0.1, -0.05) is 24.3 Å². The Morgan fingerprint density at radius 1 is 0.680 bits per heavy atom. The van der Waals surface area contributed by atoms with Crippen molar-refractivity contribution in [1.29, 1.82) is 0 Å². The van der Waals surface area contributed by atoms with E-state index in [1.165, 1.54) is 0 Å². The van der Waals surface area contributed by atoms with Crippen molar-refractivity contribution >= 4 is 55.9 Å². The minimum Gasteiger partial charge on any atom is -0.456 e. The van der Waals surface area contributed by atoms with Gasteiger partial charge >= 0.3 is 0 Å². The van der Waals surface area contributed by atoms with E-state index in [0.29, 0.717) is 5.82 Å². The maximum atomic E-state index is 5.99. The van der Waals surface area contributed by atoms with Gasteiger partial charge in [-0.05, 0) is 64.3 Å². The molecule has 0 aliphatic rings. The van der Waals surface area contributed by atoms with Crippen LogP contribution in [-0.2, 0) is 0 Å². The molecule has 0 aliphatic heterocycles. The Labute approximate surface area is 152 Å². The molecular formula is C19H9Cl2N3O. The number of halogens is 2. The van der Waals surface area contributed by atoms with Crippen molar-refractivity contribution in [2.24, 2.45) is 0 Å². The van der Waals surface area contributed by atoms with Gasteiger partial charge < -0.3 is 4.42 Å². The van der Waals surface area contributed by atoms with E-state index >= 15 is 0 Å². The summed E-state index contributed by atoms with van der Waals surface area (Å²) in [6.45, 7) is 0. The van der Waals surface area contributed by atoms with Gasteiger partial charge in [0.1, 0.15) is 11.2 Å². The predicted octanol–water partition coefficient (Wildman–Crippen LogP) is 5.90. The summed E-state index contributed by atoms with van der Waals surface area (Å²) in [5.41, 5.74) is 2.45. The number of nitrogens with zero attached hydrogens (tertiary/aromatic N) is 3.